The van der Waals surface area contributed by atoms with Crippen molar-refractivity contribution in [3.05, 3.63) is 63.6 Å². The number of hydrogen-bond donors (Lipinski definition) is 1. The van der Waals surface area contributed by atoms with Crippen LogP contribution in [-0.2, 0) is 18.9 Å². The largest absolute Gasteiger partial charge is 0.508 e. The fraction of sp³-hybridized carbons (Fsp3) is 0.600. The third kappa shape index (κ3) is 2.56. The number of amides is 1. The lowest BCUT2D eigenvalue weighted by Gasteiger charge is -2.66. The number of phenolic OH excluding ortho intramolecular Hbond substituents is 1. The first-order chi connectivity index (χ1) is 17.4. The maximum absolute atomic E-state index is 13.8. The molecule has 6 heteroatoms. The van der Waals surface area contributed by atoms with Crippen LogP contribution < -0.4 is 5.56 Å². The lowest BCUT2D eigenvalue weighted by atomic mass is 9.43. The number of aromatic nitrogens is 1. The molecular weight excluding hydrogens is 450 g/mol. The van der Waals surface area contributed by atoms with Gasteiger partial charge in [-0.3, -0.25) is 14.5 Å². The number of aryl methyl sites for hydroxylation is 1. The Morgan fingerprint density at radius 3 is 2.81 bits per heavy atom. The molecule has 8 rings (SSSR count). The molecule has 0 unspecified atom stereocenters. The van der Waals surface area contributed by atoms with Gasteiger partial charge in [0.05, 0.1) is 5.56 Å². The van der Waals surface area contributed by atoms with Crippen molar-refractivity contribution >= 4 is 5.91 Å². The number of aromatic hydroxyl groups is 1. The van der Waals surface area contributed by atoms with Gasteiger partial charge in [0.15, 0.2) is 0 Å². The van der Waals surface area contributed by atoms with Crippen LogP contribution in [0.1, 0.15) is 60.0 Å². The molecule has 1 amide bonds. The van der Waals surface area contributed by atoms with Crippen molar-refractivity contribution < 1.29 is 9.90 Å². The van der Waals surface area contributed by atoms with Gasteiger partial charge in [-0.05, 0) is 104 Å². The molecule has 5 fully saturated rings. The summed E-state index contributed by atoms with van der Waals surface area (Å²) >= 11 is 0. The van der Waals surface area contributed by atoms with Gasteiger partial charge < -0.3 is 14.6 Å². The summed E-state index contributed by atoms with van der Waals surface area (Å²) in [4.78, 5) is 30.8. The highest BCUT2D eigenvalue weighted by atomic mass is 16.3. The molecule has 1 aromatic carbocycles. The highest BCUT2D eigenvalue weighted by Gasteiger charge is 2.76. The van der Waals surface area contributed by atoms with E-state index >= 15 is 0 Å². The third-order valence-electron chi connectivity index (χ3n) is 11.4. The summed E-state index contributed by atoms with van der Waals surface area (Å²) in [6, 6.07) is 10.2. The number of likely N-dealkylation sites (tertiary alicyclic amines) is 2. The molecule has 0 spiro atoms. The maximum Gasteiger partial charge on any atom is 0.255 e. The highest BCUT2D eigenvalue weighted by molar-refractivity contribution is 5.94. The number of pyridine rings is 1. The van der Waals surface area contributed by atoms with Crippen LogP contribution in [-0.4, -0.2) is 57.1 Å². The average molecular weight is 486 g/mol. The number of fused-ring (bicyclic) bond motifs is 1. The number of carbonyl (C=O) groups is 1. The van der Waals surface area contributed by atoms with Crippen molar-refractivity contribution in [3.8, 4) is 5.75 Å². The second kappa shape index (κ2) is 7.03. The van der Waals surface area contributed by atoms with Crippen LogP contribution in [0, 0.1) is 23.2 Å². The molecule has 3 saturated carbocycles. The van der Waals surface area contributed by atoms with Crippen molar-refractivity contribution in [2.75, 3.05) is 19.6 Å². The Morgan fingerprint density at radius 2 is 2.00 bits per heavy atom. The smallest absolute Gasteiger partial charge is 0.255 e. The summed E-state index contributed by atoms with van der Waals surface area (Å²) in [7, 11) is 1.72. The van der Waals surface area contributed by atoms with Crippen LogP contribution in [0.3, 0.4) is 0 Å². The van der Waals surface area contributed by atoms with E-state index in [-0.39, 0.29) is 28.3 Å². The molecule has 1 aromatic heterocycles. The van der Waals surface area contributed by atoms with E-state index in [1.165, 1.54) is 54.0 Å². The summed E-state index contributed by atoms with van der Waals surface area (Å²) in [6.07, 6.45) is 10.2. The minimum Gasteiger partial charge on any atom is -0.508 e. The van der Waals surface area contributed by atoms with Crippen molar-refractivity contribution in [2.45, 2.75) is 62.4 Å². The molecule has 2 saturated heterocycles. The topological polar surface area (TPSA) is 65.8 Å². The van der Waals surface area contributed by atoms with E-state index in [4.69, 9.17) is 0 Å². The number of piperidine rings is 1. The van der Waals surface area contributed by atoms with Gasteiger partial charge in [-0.1, -0.05) is 6.07 Å². The molecule has 4 aliphatic carbocycles. The van der Waals surface area contributed by atoms with Crippen LogP contribution in [0.25, 0.3) is 0 Å². The van der Waals surface area contributed by atoms with Crippen LogP contribution in [0.15, 0.2) is 41.3 Å². The Kier molecular flexibility index (Phi) is 4.20. The first-order valence-electron chi connectivity index (χ1n) is 14.0. The summed E-state index contributed by atoms with van der Waals surface area (Å²) in [5.41, 5.74) is 3.67. The second-order valence-corrected chi connectivity index (χ2v) is 12.8. The number of benzene rings is 1. The molecule has 4 bridgehead atoms. The van der Waals surface area contributed by atoms with Gasteiger partial charge in [0.1, 0.15) is 5.75 Å². The molecule has 6 aliphatic rings. The molecule has 6 atom stereocenters. The minimum atomic E-state index is -0.0891. The Labute approximate surface area is 211 Å². The van der Waals surface area contributed by atoms with Crippen molar-refractivity contribution in [3.63, 3.8) is 0 Å². The van der Waals surface area contributed by atoms with E-state index in [9.17, 15) is 14.7 Å². The fourth-order valence-electron chi connectivity index (χ4n) is 10.1. The second-order valence-electron chi connectivity index (χ2n) is 12.8. The van der Waals surface area contributed by atoms with Gasteiger partial charge in [-0.15, -0.1) is 0 Å². The first-order valence-corrected chi connectivity index (χ1v) is 14.0. The molecule has 1 N–H and O–H groups in total. The van der Waals surface area contributed by atoms with Gasteiger partial charge >= 0.3 is 0 Å². The van der Waals surface area contributed by atoms with Gasteiger partial charge in [-0.25, -0.2) is 0 Å². The summed E-state index contributed by atoms with van der Waals surface area (Å²) < 4.78 is 1.51. The Morgan fingerprint density at radius 1 is 1.14 bits per heavy atom. The standard InChI is InChI=1S/C30H35N3O3/c1-31-16-20(5-7-26(31)35)28(36)33-17-21-14-29-9-8-24(33)27(21)30(29)10-11-32(15-18-2-3-18)25(29)12-19-4-6-22(34)13-23(19)30/h4-7,13,16,18,21,24-25,27,34H,2-3,8-12,14-15,17H2,1H3/t21-,24-,25-,27-,29-,30+/m1/s1. The SMILES string of the molecule is Cn1cc(C(=O)N2C[C@H]3C[C@@]45CC[C@@H]2[C@@H]3[C@@]42CCN(CC3CC3)[C@@H]5Cc3ccc(O)cc32)ccc1=O. The van der Waals surface area contributed by atoms with E-state index < -0.39 is 0 Å². The van der Waals surface area contributed by atoms with Gasteiger partial charge in [0, 0.05) is 49.9 Å². The van der Waals surface area contributed by atoms with Crippen molar-refractivity contribution in [2.24, 2.45) is 30.2 Å². The quantitative estimate of drug-likeness (QED) is 0.725. The average Bonchev–Trinajstić information content (AvgIpc) is 3.56. The predicted octanol–water partition coefficient (Wildman–Crippen LogP) is 3.31. The number of nitrogens with zero attached hydrogens (tertiary/aromatic N) is 3. The lowest BCUT2D eigenvalue weighted by Crippen LogP contribution is -2.69. The molecule has 0 radical (unpaired) electrons. The van der Waals surface area contributed by atoms with E-state index in [1.54, 1.807) is 19.3 Å². The monoisotopic (exact) mass is 485 g/mol. The van der Waals surface area contributed by atoms with Crippen LogP contribution in [0.4, 0.5) is 0 Å². The number of phenols is 1. The molecular formula is C30H35N3O3. The predicted molar refractivity (Wildman–Crippen MR) is 136 cm³/mol. The first kappa shape index (κ1) is 21.5. The zero-order chi connectivity index (χ0) is 24.4. The zero-order valence-corrected chi connectivity index (χ0v) is 21.0. The van der Waals surface area contributed by atoms with Crippen molar-refractivity contribution in [1.82, 2.24) is 14.4 Å². The normalized spacial score (nSPS) is 38.1. The van der Waals surface area contributed by atoms with Crippen LogP contribution in [0.2, 0.25) is 0 Å². The Hall–Kier alpha value is -2.60. The van der Waals surface area contributed by atoms with Crippen LogP contribution in [0.5, 0.6) is 5.75 Å². The fourth-order valence-corrected chi connectivity index (χ4v) is 10.1. The zero-order valence-electron chi connectivity index (χ0n) is 21.0. The van der Waals surface area contributed by atoms with Gasteiger partial charge in [0.25, 0.3) is 5.91 Å². The summed E-state index contributed by atoms with van der Waals surface area (Å²) in [5.74, 6) is 2.30. The van der Waals surface area contributed by atoms with Gasteiger partial charge in [0.2, 0.25) is 5.56 Å². The molecule has 2 aromatic rings. The maximum atomic E-state index is 13.8. The van der Waals surface area contributed by atoms with E-state index in [1.807, 2.05) is 6.07 Å². The van der Waals surface area contributed by atoms with Gasteiger partial charge in [-0.2, -0.15) is 0 Å². The number of carbonyl (C=O) groups excluding carboxylic acids is 1. The summed E-state index contributed by atoms with van der Waals surface area (Å²) in [6.45, 7) is 3.22. The Bertz CT molecular complexity index is 1350. The third-order valence-corrected chi connectivity index (χ3v) is 11.4. The molecule has 6 nitrogen and oxygen atoms in total. The van der Waals surface area contributed by atoms with Crippen molar-refractivity contribution in [1.29, 1.82) is 0 Å². The molecule has 3 heterocycles. The molecule has 36 heavy (non-hydrogen) atoms. The Balaban J connectivity index is 1.23. The highest BCUT2D eigenvalue weighted by Crippen LogP contribution is 2.75. The summed E-state index contributed by atoms with van der Waals surface area (Å²) in [5, 5.41) is 10.6. The van der Waals surface area contributed by atoms with Crippen LogP contribution >= 0.6 is 0 Å². The van der Waals surface area contributed by atoms with E-state index in [2.05, 4.69) is 21.9 Å². The molecule has 188 valence electrons. The number of hydrogen-bond acceptors (Lipinski definition) is 4. The van der Waals surface area contributed by atoms with E-state index in [0.717, 1.165) is 38.3 Å². The number of rotatable bonds is 3. The lowest BCUT2D eigenvalue weighted by molar-refractivity contribution is -0.102. The molecule has 2 aliphatic heterocycles. The minimum absolute atomic E-state index is 0.0518. The van der Waals surface area contributed by atoms with E-state index in [0.29, 0.717) is 29.2 Å².